The van der Waals surface area contributed by atoms with E-state index in [9.17, 15) is 9.59 Å². The predicted molar refractivity (Wildman–Crippen MR) is 119 cm³/mol. The molecule has 0 saturated carbocycles. The SMILES string of the molecule is O=C(COC(=O)CCc1ccc2c(c1)OCO2)NC(Cc1ccccc1)c1ccccc1. The average molecular weight is 431 g/mol. The Morgan fingerprint density at radius 2 is 1.59 bits per heavy atom. The summed E-state index contributed by atoms with van der Waals surface area (Å²) in [4.78, 5) is 24.6. The third-order valence-electron chi connectivity index (χ3n) is 5.24. The minimum Gasteiger partial charge on any atom is -0.456 e. The number of benzene rings is 3. The highest BCUT2D eigenvalue weighted by Gasteiger charge is 2.17. The highest BCUT2D eigenvalue weighted by Crippen LogP contribution is 2.32. The molecule has 1 heterocycles. The van der Waals surface area contributed by atoms with Crippen molar-refractivity contribution in [3.05, 3.63) is 95.6 Å². The highest BCUT2D eigenvalue weighted by atomic mass is 16.7. The van der Waals surface area contributed by atoms with Crippen molar-refractivity contribution in [2.75, 3.05) is 13.4 Å². The largest absolute Gasteiger partial charge is 0.456 e. The number of fused-ring (bicyclic) bond motifs is 1. The van der Waals surface area contributed by atoms with Crippen LogP contribution in [0.1, 0.15) is 29.2 Å². The van der Waals surface area contributed by atoms with Crippen molar-refractivity contribution in [2.24, 2.45) is 0 Å². The van der Waals surface area contributed by atoms with Crippen LogP contribution in [0, 0.1) is 0 Å². The maximum Gasteiger partial charge on any atom is 0.306 e. The molecule has 164 valence electrons. The number of esters is 1. The zero-order valence-electron chi connectivity index (χ0n) is 17.7. The lowest BCUT2D eigenvalue weighted by Crippen LogP contribution is -2.33. The summed E-state index contributed by atoms with van der Waals surface area (Å²) in [6, 6.07) is 25.1. The van der Waals surface area contributed by atoms with Crippen LogP contribution in [0.15, 0.2) is 78.9 Å². The molecule has 3 aromatic carbocycles. The van der Waals surface area contributed by atoms with E-state index in [1.54, 1.807) is 0 Å². The Morgan fingerprint density at radius 3 is 2.38 bits per heavy atom. The normalized spacial score (nSPS) is 12.8. The quantitative estimate of drug-likeness (QED) is 0.519. The van der Waals surface area contributed by atoms with Crippen molar-refractivity contribution >= 4 is 11.9 Å². The van der Waals surface area contributed by atoms with Crippen LogP contribution in [-0.4, -0.2) is 25.3 Å². The second-order valence-corrected chi connectivity index (χ2v) is 7.57. The molecule has 6 heteroatoms. The molecule has 4 rings (SSSR count). The second kappa shape index (κ2) is 10.5. The Morgan fingerprint density at radius 1 is 0.875 bits per heavy atom. The Hall–Kier alpha value is -3.80. The van der Waals surface area contributed by atoms with E-state index >= 15 is 0 Å². The minimum absolute atomic E-state index is 0.180. The maximum absolute atomic E-state index is 12.5. The molecule has 0 radical (unpaired) electrons. The third kappa shape index (κ3) is 5.88. The van der Waals surface area contributed by atoms with Gasteiger partial charge in [-0.2, -0.15) is 0 Å². The zero-order chi connectivity index (χ0) is 22.2. The third-order valence-corrected chi connectivity index (χ3v) is 5.24. The Kier molecular flexibility index (Phi) is 7.02. The van der Waals surface area contributed by atoms with Crippen molar-refractivity contribution < 1.29 is 23.8 Å². The molecule has 0 aromatic heterocycles. The van der Waals surface area contributed by atoms with Crippen molar-refractivity contribution in [1.29, 1.82) is 0 Å². The molecule has 1 unspecified atom stereocenters. The number of carbonyl (C=O) groups is 2. The van der Waals surface area contributed by atoms with E-state index in [1.807, 2.05) is 78.9 Å². The van der Waals surface area contributed by atoms with Crippen LogP contribution in [0.5, 0.6) is 11.5 Å². The van der Waals surface area contributed by atoms with Crippen LogP contribution in [-0.2, 0) is 27.2 Å². The lowest BCUT2D eigenvalue weighted by molar-refractivity contribution is -0.148. The zero-order valence-corrected chi connectivity index (χ0v) is 17.7. The highest BCUT2D eigenvalue weighted by molar-refractivity contribution is 5.81. The van der Waals surface area contributed by atoms with E-state index in [4.69, 9.17) is 14.2 Å². The van der Waals surface area contributed by atoms with Gasteiger partial charge in [-0.05, 0) is 41.7 Å². The molecular weight excluding hydrogens is 406 g/mol. The number of nitrogens with one attached hydrogen (secondary N) is 1. The number of hydrogen-bond acceptors (Lipinski definition) is 5. The maximum atomic E-state index is 12.5. The van der Waals surface area contributed by atoms with Crippen LogP contribution in [0.2, 0.25) is 0 Å². The number of carbonyl (C=O) groups excluding carboxylic acids is 2. The molecular formula is C26H25NO5. The van der Waals surface area contributed by atoms with E-state index in [2.05, 4.69) is 5.32 Å². The number of aryl methyl sites for hydroxylation is 1. The Balaban J connectivity index is 1.27. The van der Waals surface area contributed by atoms with Crippen LogP contribution in [0.4, 0.5) is 0 Å². The number of amides is 1. The van der Waals surface area contributed by atoms with Crippen molar-refractivity contribution in [1.82, 2.24) is 5.32 Å². The molecule has 32 heavy (non-hydrogen) atoms. The summed E-state index contributed by atoms with van der Waals surface area (Å²) in [7, 11) is 0. The van der Waals surface area contributed by atoms with Gasteiger partial charge in [0.15, 0.2) is 18.1 Å². The first-order chi connectivity index (χ1) is 15.7. The second-order valence-electron chi connectivity index (χ2n) is 7.57. The first kappa shape index (κ1) is 21.4. The van der Waals surface area contributed by atoms with Gasteiger partial charge in [-0.3, -0.25) is 9.59 Å². The van der Waals surface area contributed by atoms with Gasteiger partial charge in [0.2, 0.25) is 6.79 Å². The van der Waals surface area contributed by atoms with Gasteiger partial charge < -0.3 is 19.5 Å². The van der Waals surface area contributed by atoms with Crippen LogP contribution >= 0.6 is 0 Å². The molecule has 1 atom stereocenters. The molecule has 6 nitrogen and oxygen atoms in total. The summed E-state index contributed by atoms with van der Waals surface area (Å²) in [5.74, 6) is 0.639. The van der Waals surface area contributed by atoms with E-state index in [-0.39, 0.29) is 31.8 Å². The number of hydrogen-bond donors (Lipinski definition) is 1. The van der Waals surface area contributed by atoms with Gasteiger partial charge >= 0.3 is 5.97 Å². The van der Waals surface area contributed by atoms with E-state index in [0.717, 1.165) is 16.7 Å². The van der Waals surface area contributed by atoms with Crippen LogP contribution < -0.4 is 14.8 Å². The van der Waals surface area contributed by atoms with E-state index < -0.39 is 5.97 Å². The van der Waals surface area contributed by atoms with Crippen LogP contribution in [0.3, 0.4) is 0 Å². The van der Waals surface area contributed by atoms with Gasteiger partial charge in [0, 0.05) is 6.42 Å². The lowest BCUT2D eigenvalue weighted by atomic mass is 9.99. The Bertz CT molecular complexity index is 1050. The summed E-state index contributed by atoms with van der Waals surface area (Å²) >= 11 is 0. The first-order valence-corrected chi connectivity index (χ1v) is 10.6. The standard InChI is InChI=1S/C26H25NO5/c28-25(17-30-26(29)14-12-20-11-13-23-24(16-20)32-18-31-23)27-22(21-9-5-2-6-10-21)15-19-7-3-1-4-8-19/h1-11,13,16,22H,12,14-15,17-18H2,(H,27,28). The molecule has 0 aliphatic carbocycles. The van der Waals surface area contributed by atoms with Gasteiger partial charge in [0.1, 0.15) is 0 Å². The fraction of sp³-hybridized carbons (Fsp3) is 0.231. The fourth-order valence-electron chi connectivity index (χ4n) is 3.58. The van der Waals surface area contributed by atoms with Gasteiger partial charge in [-0.1, -0.05) is 66.7 Å². The predicted octanol–water partition coefficient (Wildman–Crippen LogP) is 3.99. The lowest BCUT2D eigenvalue weighted by Gasteiger charge is -2.19. The molecule has 0 spiro atoms. The number of rotatable bonds is 9. The molecule has 3 aromatic rings. The van der Waals surface area contributed by atoms with Gasteiger partial charge in [0.25, 0.3) is 5.91 Å². The summed E-state index contributed by atoms with van der Waals surface area (Å²) in [5.41, 5.74) is 3.06. The van der Waals surface area contributed by atoms with Gasteiger partial charge in [-0.25, -0.2) is 0 Å². The minimum atomic E-state index is -0.419. The van der Waals surface area contributed by atoms with Crippen LogP contribution in [0.25, 0.3) is 0 Å². The summed E-state index contributed by atoms with van der Waals surface area (Å²) in [6.45, 7) is -0.0950. The average Bonchev–Trinajstić information content (AvgIpc) is 3.30. The first-order valence-electron chi connectivity index (χ1n) is 10.6. The van der Waals surface area contributed by atoms with Gasteiger partial charge in [-0.15, -0.1) is 0 Å². The van der Waals surface area contributed by atoms with E-state index in [0.29, 0.717) is 24.3 Å². The molecule has 0 saturated heterocycles. The molecule has 0 fully saturated rings. The van der Waals surface area contributed by atoms with Crippen molar-refractivity contribution in [3.63, 3.8) is 0 Å². The summed E-state index contributed by atoms with van der Waals surface area (Å²) < 4.78 is 15.8. The topological polar surface area (TPSA) is 73.9 Å². The molecule has 1 amide bonds. The smallest absolute Gasteiger partial charge is 0.306 e. The molecule has 1 N–H and O–H groups in total. The monoisotopic (exact) mass is 431 g/mol. The molecule has 0 bridgehead atoms. The summed E-state index contributed by atoms with van der Waals surface area (Å²) in [5, 5.41) is 2.99. The Labute approximate surface area is 187 Å². The van der Waals surface area contributed by atoms with Crippen molar-refractivity contribution in [3.8, 4) is 11.5 Å². The van der Waals surface area contributed by atoms with E-state index in [1.165, 1.54) is 0 Å². The molecule has 1 aliphatic heterocycles. The molecule has 1 aliphatic rings. The van der Waals surface area contributed by atoms with Gasteiger partial charge in [0.05, 0.1) is 6.04 Å². The van der Waals surface area contributed by atoms with Crippen molar-refractivity contribution in [2.45, 2.75) is 25.3 Å². The summed E-state index contributed by atoms with van der Waals surface area (Å²) in [6.07, 6.45) is 1.32. The fourth-order valence-corrected chi connectivity index (χ4v) is 3.58. The number of ether oxygens (including phenoxy) is 3.